The summed E-state index contributed by atoms with van der Waals surface area (Å²) in [7, 11) is 0. The van der Waals surface area contributed by atoms with Crippen LogP contribution in [0.2, 0.25) is 0 Å². The van der Waals surface area contributed by atoms with Gasteiger partial charge in [0.05, 0.1) is 0 Å². The largest absolute Gasteiger partial charge is 0.396 e. The zero-order chi connectivity index (χ0) is 12.3. The Bertz CT molecular complexity index is 280. The minimum absolute atomic E-state index is 0.314. The average Bonchev–Trinajstić information content (AvgIpc) is 2.78. The van der Waals surface area contributed by atoms with E-state index in [2.05, 4.69) is 18.4 Å². The highest BCUT2D eigenvalue weighted by Gasteiger charge is 2.03. The Balaban J connectivity index is 2.15. The fourth-order valence-corrected chi connectivity index (χ4v) is 3.12. The lowest BCUT2D eigenvalue weighted by atomic mass is 10.0. The SMILES string of the molecule is CCCCCCCCc1ccsc1CCCO. The second-order valence-corrected chi connectivity index (χ2v) is 5.71. The maximum absolute atomic E-state index is 8.86. The van der Waals surface area contributed by atoms with E-state index in [4.69, 9.17) is 5.11 Å². The summed E-state index contributed by atoms with van der Waals surface area (Å²) in [5.74, 6) is 0. The summed E-state index contributed by atoms with van der Waals surface area (Å²) in [6.45, 7) is 2.58. The molecule has 1 aromatic heterocycles. The second kappa shape index (κ2) is 9.67. The molecule has 0 unspecified atom stereocenters. The number of unbranched alkanes of at least 4 members (excludes halogenated alkanes) is 5. The predicted molar refractivity (Wildman–Crippen MR) is 76.8 cm³/mol. The van der Waals surface area contributed by atoms with E-state index in [1.54, 1.807) is 0 Å². The summed E-state index contributed by atoms with van der Waals surface area (Å²) < 4.78 is 0. The van der Waals surface area contributed by atoms with Crippen molar-refractivity contribution in [2.75, 3.05) is 6.61 Å². The third kappa shape index (κ3) is 6.23. The molecule has 0 bridgehead atoms. The van der Waals surface area contributed by atoms with Gasteiger partial charge in [-0.15, -0.1) is 11.3 Å². The van der Waals surface area contributed by atoms with Crippen LogP contribution in [0, 0.1) is 0 Å². The summed E-state index contributed by atoms with van der Waals surface area (Å²) in [5.41, 5.74) is 1.53. The molecule has 0 radical (unpaired) electrons. The van der Waals surface area contributed by atoms with E-state index in [1.165, 1.54) is 55.4 Å². The fraction of sp³-hybridized carbons (Fsp3) is 0.733. The molecule has 0 aliphatic rings. The van der Waals surface area contributed by atoms with Crippen LogP contribution >= 0.6 is 11.3 Å². The van der Waals surface area contributed by atoms with Gasteiger partial charge in [0.1, 0.15) is 0 Å². The molecule has 0 aliphatic carbocycles. The van der Waals surface area contributed by atoms with Gasteiger partial charge in [0.2, 0.25) is 0 Å². The van der Waals surface area contributed by atoms with E-state index in [0.29, 0.717) is 6.61 Å². The van der Waals surface area contributed by atoms with E-state index in [0.717, 1.165) is 12.8 Å². The zero-order valence-electron chi connectivity index (χ0n) is 11.1. The molecule has 1 rings (SSSR count). The first-order valence-corrected chi connectivity index (χ1v) is 7.92. The van der Waals surface area contributed by atoms with Crippen molar-refractivity contribution < 1.29 is 5.11 Å². The molecule has 1 heterocycles. The van der Waals surface area contributed by atoms with Crippen LogP contribution < -0.4 is 0 Å². The van der Waals surface area contributed by atoms with Gasteiger partial charge in [-0.05, 0) is 42.7 Å². The molecule has 2 heteroatoms. The highest BCUT2D eigenvalue weighted by atomic mass is 32.1. The first kappa shape index (κ1) is 14.7. The first-order valence-electron chi connectivity index (χ1n) is 7.04. The van der Waals surface area contributed by atoms with E-state index < -0.39 is 0 Å². The highest BCUT2D eigenvalue weighted by molar-refractivity contribution is 7.10. The minimum Gasteiger partial charge on any atom is -0.396 e. The number of aryl methyl sites for hydroxylation is 2. The summed E-state index contributed by atoms with van der Waals surface area (Å²) >= 11 is 1.85. The van der Waals surface area contributed by atoms with Crippen molar-refractivity contribution in [3.05, 3.63) is 21.9 Å². The Morgan fingerprint density at radius 2 is 1.76 bits per heavy atom. The van der Waals surface area contributed by atoms with Crippen molar-refractivity contribution in [3.63, 3.8) is 0 Å². The van der Waals surface area contributed by atoms with Crippen LogP contribution in [0.1, 0.15) is 62.3 Å². The molecule has 17 heavy (non-hydrogen) atoms. The van der Waals surface area contributed by atoms with Crippen molar-refractivity contribution in [1.29, 1.82) is 0 Å². The monoisotopic (exact) mass is 254 g/mol. The molecule has 0 amide bonds. The number of aliphatic hydroxyl groups is 1. The molecule has 1 aromatic rings. The minimum atomic E-state index is 0.314. The summed E-state index contributed by atoms with van der Waals surface area (Å²) in [4.78, 5) is 1.49. The molecule has 0 aromatic carbocycles. The van der Waals surface area contributed by atoms with Gasteiger partial charge in [-0.25, -0.2) is 0 Å². The van der Waals surface area contributed by atoms with Gasteiger partial charge in [-0.3, -0.25) is 0 Å². The van der Waals surface area contributed by atoms with E-state index in [-0.39, 0.29) is 0 Å². The molecule has 98 valence electrons. The van der Waals surface area contributed by atoms with Gasteiger partial charge in [-0.1, -0.05) is 39.0 Å². The standard InChI is InChI=1S/C15H26OS/c1-2-3-4-5-6-7-9-14-11-13-17-15(14)10-8-12-16/h11,13,16H,2-10,12H2,1H3. The molecular formula is C15H26OS. The van der Waals surface area contributed by atoms with Crippen LogP contribution in [0.5, 0.6) is 0 Å². The summed E-state index contributed by atoms with van der Waals surface area (Å²) in [5, 5.41) is 11.1. The van der Waals surface area contributed by atoms with Crippen LogP contribution in [-0.2, 0) is 12.8 Å². The third-order valence-electron chi connectivity index (χ3n) is 3.20. The van der Waals surface area contributed by atoms with Crippen LogP contribution in [0.25, 0.3) is 0 Å². The molecule has 0 fully saturated rings. The molecule has 0 saturated carbocycles. The molecule has 0 aliphatic heterocycles. The number of rotatable bonds is 10. The van der Waals surface area contributed by atoms with Crippen LogP contribution in [0.4, 0.5) is 0 Å². The van der Waals surface area contributed by atoms with Gasteiger partial charge in [0.25, 0.3) is 0 Å². The first-order chi connectivity index (χ1) is 8.38. The average molecular weight is 254 g/mol. The summed E-state index contributed by atoms with van der Waals surface area (Å²) in [6, 6.07) is 2.27. The van der Waals surface area contributed by atoms with E-state index in [9.17, 15) is 0 Å². The maximum Gasteiger partial charge on any atom is 0.0434 e. The predicted octanol–water partition coefficient (Wildman–Crippen LogP) is 4.58. The Labute approximate surface area is 110 Å². The van der Waals surface area contributed by atoms with Crippen molar-refractivity contribution >= 4 is 11.3 Å². The Morgan fingerprint density at radius 3 is 2.53 bits per heavy atom. The Hall–Kier alpha value is -0.340. The fourth-order valence-electron chi connectivity index (χ4n) is 2.14. The lowest BCUT2D eigenvalue weighted by Crippen LogP contribution is -1.92. The van der Waals surface area contributed by atoms with E-state index in [1.807, 2.05) is 11.3 Å². The van der Waals surface area contributed by atoms with Crippen LogP contribution in [0.3, 0.4) is 0 Å². The highest BCUT2D eigenvalue weighted by Crippen LogP contribution is 2.21. The Morgan fingerprint density at radius 1 is 1.00 bits per heavy atom. The molecule has 0 spiro atoms. The smallest absolute Gasteiger partial charge is 0.0434 e. The molecule has 0 atom stereocenters. The van der Waals surface area contributed by atoms with Crippen molar-refractivity contribution in [2.24, 2.45) is 0 Å². The van der Waals surface area contributed by atoms with E-state index >= 15 is 0 Å². The lowest BCUT2D eigenvalue weighted by Gasteiger charge is -2.03. The van der Waals surface area contributed by atoms with Gasteiger partial charge >= 0.3 is 0 Å². The summed E-state index contributed by atoms with van der Waals surface area (Å²) in [6.07, 6.45) is 11.4. The number of thiophene rings is 1. The zero-order valence-corrected chi connectivity index (χ0v) is 11.9. The molecular weight excluding hydrogens is 228 g/mol. The Kier molecular flexibility index (Phi) is 8.37. The van der Waals surface area contributed by atoms with Crippen LogP contribution in [0.15, 0.2) is 11.4 Å². The number of hydrogen-bond acceptors (Lipinski definition) is 2. The topological polar surface area (TPSA) is 20.2 Å². The second-order valence-electron chi connectivity index (χ2n) is 4.71. The lowest BCUT2D eigenvalue weighted by molar-refractivity contribution is 0.289. The van der Waals surface area contributed by atoms with Crippen molar-refractivity contribution in [1.82, 2.24) is 0 Å². The molecule has 1 nitrogen and oxygen atoms in total. The maximum atomic E-state index is 8.86. The number of hydrogen-bond donors (Lipinski definition) is 1. The third-order valence-corrected chi connectivity index (χ3v) is 4.22. The van der Waals surface area contributed by atoms with Crippen molar-refractivity contribution in [2.45, 2.75) is 64.7 Å². The van der Waals surface area contributed by atoms with Gasteiger partial charge in [0, 0.05) is 11.5 Å². The molecule has 0 saturated heterocycles. The van der Waals surface area contributed by atoms with Crippen LogP contribution in [-0.4, -0.2) is 11.7 Å². The molecule has 1 N–H and O–H groups in total. The van der Waals surface area contributed by atoms with Gasteiger partial charge in [-0.2, -0.15) is 0 Å². The normalized spacial score (nSPS) is 10.9. The quantitative estimate of drug-likeness (QED) is 0.606. The number of aliphatic hydroxyl groups excluding tert-OH is 1. The van der Waals surface area contributed by atoms with Gasteiger partial charge in [0.15, 0.2) is 0 Å². The van der Waals surface area contributed by atoms with Gasteiger partial charge < -0.3 is 5.11 Å². The van der Waals surface area contributed by atoms with Crippen molar-refractivity contribution in [3.8, 4) is 0 Å².